The summed E-state index contributed by atoms with van der Waals surface area (Å²) < 4.78 is 18.3. The largest absolute Gasteiger partial charge is 0.352 e. The molecule has 0 aliphatic heterocycles. The van der Waals surface area contributed by atoms with Gasteiger partial charge >= 0.3 is 6.03 Å². The molecule has 2 atom stereocenters. The van der Waals surface area contributed by atoms with Crippen molar-refractivity contribution in [2.24, 2.45) is 5.73 Å². The summed E-state index contributed by atoms with van der Waals surface area (Å²) in [5.74, 6) is 0. The van der Waals surface area contributed by atoms with Crippen LogP contribution in [0.15, 0.2) is 0 Å². The zero-order valence-corrected chi connectivity index (χ0v) is 9.32. The SMILES string of the molecule is CC(NC(N)=O)S(=O)O.[Zn]. The molecule has 7 heteroatoms. The van der Waals surface area contributed by atoms with Gasteiger partial charge in [0.2, 0.25) is 0 Å². The van der Waals surface area contributed by atoms with Crippen LogP contribution in [0.4, 0.5) is 4.79 Å². The van der Waals surface area contributed by atoms with Gasteiger partial charge in [-0.05, 0) is 6.92 Å². The van der Waals surface area contributed by atoms with Crippen molar-refractivity contribution in [1.29, 1.82) is 0 Å². The maximum absolute atomic E-state index is 10.1. The van der Waals surface area contributed by atoms with Gasteiger partial charge in [-0.2, -0.15) is 0 Å². The molecule has 0 aromatic rings. The molecule has 0 spiro atoms. The van der Waals surface area contributed by atoms with E-state index >= 15 is 0 Å². The number of hydrogen-bond donors (Lipinski definition) is 3. The first-order valence-corrected chi connectivity index (χ1v) is 3.36. The van der Waals surface area contributed by atoms with Gasteiger partial charge in [-0.15, -0.1) is 0 Å². The number of amides is 2. The molecule has 0 aliphatic carbocycles. The van der Waals surface area contributed by atoms with Gasteiger partial charge in [0, 0.05) is 19.5 Å². The Morgan fingerprint density at radius 2 is 2.20 bits per heavy atom. The normalized spacial score (nSPS) is 14.6. The molecule has 0 aliphatic rings. The first kappa shape index (κ1) is 12.7. The molecule has 0 fully saturated rings. The van der Waals surface area contributed by atoms with E-state index in [0.29, 0.717) is 0 Å². The van der Waals surface area contributed by atoms with Crippen molar-refractivity contribution >= 4 is 17.1 Å². The van der Waals surface area contributed by atoms with Gasteiger partial charge in [-0.25, -0.2) is 9.00 Å². The van der Waals surface area contributed by atoms with Gasteiger partial charge in [-0.1, -0.05) is 0 Å². The number of hydrogen-bond acceptors (Lipinski definition) is 2. The van der Waals surface area contributed by atoms with E-state index in [1.165, 1.54) is 6.92 Å². The minimum atomic E-state index is -2.04. The minimum Gasteiger partial charge on any atom is -0.352 e. The summed E-state index contributed by atoms with van der Waals surface area (Å²) in [6, 6.07) is -0.801. The summed E-state index contributed by atoms with van der Waals surface area (Å²) in [6.07, 6.45) is 0. The third-order valence-corrected chi connectivity index (χ3v) is 1.37. The Kier molecular flexibility index (Phi) is 7.30. The Morgan fingerprint density at radius 3 is 2.30 bits per heavy atom. The predicted molar refractivity (Wildman–Crippen MR) is 33.0 cm³/mol. The molecule has 0 radical (unpaired) electrons. The molecule has 56 valence electrons. The second kappa shape index (κ2) is 5.76. The van der Waals surface area contributed by atoms with Crippen LogP contribution in [0.2, 0.25) is 0 Å². The smallest absolute Gasteiger partial charge is 0.313 e. The second-order valence-electron chi connectivity index (χ2n) is 1.43. The number of carbonyl (C=O) groups excluding carboxylic acids is 1. The molecule has 0 bridgehead atoms. The Labute approximate surface area is 73.8 Å². The van der Waals surface area contributed by atoms with E-state index in [9.17, 15) is 9.00 Å². The zero-order valence-electron chi connectivity index (χ0n) is 5.53. The van der Waals surface area contributed by atoms with Crippen molar-refractivity contribution < 1.29 is 33.0 Å². The monoisotopic (exact) mass is 216 g/mol. The molecule has 4 N–H and O–H groups in total. The summed E-state index contributed by atoms with van der Waals surface area (Å²) in [5.41, 5.74) is 4.64. The first-order valence-electron chi connectivity index (χ1n) is 2.19. The van der Waals surface area contributed by atoms with Crippen LogP contribution >= 0.6 is 0 Å². The Hall–Kier alpha value is 0.00338. The van der Waals surface area contributed by atoms with Crippen LogP contribution in [0.3, 0.4) is 0 Å². The summed E-state index contributed by atoms with van der Waals surface area (Å²) in [6.45, 7) is 1.38. The molecule has 0 saturated heterocycles. The number of urea groups is 1. The van der Waals surface area contributed by atoms with E-state index in [1.54, 1.807) is 0 Å². The first-order chi connectivity index (χ1) is 4.04. The van der Waals surface area contributed by atoms with E-state index in [2.05, 4.69) is 5.73 Å². The topological polar surface area (TPSA) is 92.4 Å². The van der Waals surface area contributed by atoms with Crippen LogP contribution in [0.1, 0.15) is 6.92 Å². The van der Waals surface area contributed by atoms with Gasteiger partial charge in [0.1, 0.15) is 5.37 Å². The number of nitrogens with two attached hydrogens (primary N) is 1. The standard InChI is InChI=1S/C3H8N2O3S.Zn/c1-2(9(7)8)5-3(4)6;/h2H,1H3,(H,7,8)(H3,4,5,6);. The van der Waals surface area contributed by atoms with Crippen molar-refractivity contribution in [2.75, 3.05) is 0 Å². The van der Waals surface area contributed by atoms with Crippen LogP contribution in [0.25, 0.3) is 0 Å². The van der Waals surface area contributed by atoms with E-state index in [0.717, 1.165) is 0 Å². The predicted octanol–water partition coefficient (Wildman–Crippen LogP) is -0.780. The molecule has 0 aromatic carbocycles. The summed E-state index contributed by atoms with van der Waals surface area (Å²) >= 11 is -2.04. The summed E-state index contributed by atoms with van der Waals surface area (Å²) in [7, 11) is 0. The maximum atomic E-state index is 10.1. The van der Waals surface area contributed by atoms with Gasteiger partial charge in [-0.3, -0.25) is 0 Å². The van der Waals surface area contributed by atoms with Crippen molar-refractivity contribution in [3.05, 3.63) is 0 Å². The Balaban J connectivity index is 0. The second-order valence-corrected chi connectivity index (χ2v) is 2.69. The zero-order chi connectivity index (χ0) is 7.44. The van der Waals surface area contributed by atoms with Crippen LogP contribution < -0.4 is 11.1 Å². The van der Waals surface area contributed by atoms with Gasteiger partial charge in [0.05, 0.1) is 0 Å². The van der Waals surface area contributed by atoms with Crippen molar-refractivity contribution in [1.82, 2.24) is 5.32 Å². The Morgan fingerprint density at radius 1 is 1.80 bits per heavy atom. The molecule has 5 nitrogen and oxygen atoms in total. The van der Waals surface area contributed by atoms with Crippen LogP contribution in [0, 0.1) is 0 Å². The number of nitrogens with one attached hydrogen (secondary N) is 1. The fourth-order valence-electron chi connectivity index (χ4n) is 0.251. The van der Waals surface area contributed by atoms with Crippen molar-refractivity contribution in [3.8, 4) is 0 Å². The van der Waals surface area contributed by atoms with Gasteiger partial charge in [0.25, 0.3) is 0 Å². The van der Waals surface area contributed by atoms with E-state index in [-0.39, 0.29) is 19.5 Å². The van der Waals surface area contributed by atoms with Gasteiger partial charge < -0.3 is 15.6 Å². The van der Waals surface area contributed by atoms with Crippen molar-refractivity contribution in [2.45, 2.75) is 12.3 Å². The quantitative estimate of drug-likeness (QED) is 0.419. The van der Waals surface area contributed by atoms with Gasteiger partial charge in [0.15, 0.2) is 11.1 Å². The molecule has 10 heavy (non-hydrogen) atoms. The Bertz CT molecular complexity index is 142. The third kappa shape index (κ3) is 6.13. The molecule has 0 heterocycles. The third-order valence-electron chi connectivity index (χ3n) is 0.648. The average molecular weight is 218 g/mol. The molecular formula is C3H8N2O3SZn. The average Bonchev–Trinajstić information content (AvgIpc) is 1.63. The molecule has 0 saturated carbocycles. The molecule has 0 rings (SSSR count). The van der Waals surface area contributed by atoms with Crippen LogP contribution in [-0.4, -0.2) is 20.2 Å². The molecule has 2 unspecified atom stereocenters. The number of carbonyl (C=O) groups is 1. The van der Waals surface area contributed by atoms with Crippen LogP contribution in [-0.2, 0) is 30.6 Å². The fraction of sp³-hybridized carbons (Fsp3) is 0.667. The summed E-state index contributed by atoms with van der Waals surface area (Å²) in [4.78, 5) is 9.98. The molecular weight excluding hydrogens is 210 g/mol. The fourth-order valence-corrected chi connectivity index (χ4v) is 0.468. The maximum Gasteiger partial charge on any atom is 0.313 e. The molecule has 2 amide bonds. The summed E-state index contributed by atoms with van der Waals surface area (Å²) in [5, 5.41) is 1.23. The van der Waals surface area contributed by atoms with E-state index in [1.807, 2.05) is 5.32 Å². The van der Waals surface area contributed by atoms with Crippen molar-refractivity contribution in [3.63, 3.8) is 0 Å². The van der Waals surface area contributed by atoms with Crippen LogP contribution in [0.5, 0.6) is 0 Å². The number of primary amides is 1. The minimum absolute atomic E-state index is 0. The molecule has 0 aromatic heterocycles. The number of rotatable bonds is 2. The van der Waals surface area contributed by atoms with E-state index in [4.69, 9.17) is 4.55 Å². The van der Waals surface area contributed by atoms with E-state index < -0.39 is 22.5 Å².